The lowest BCUT2D eigenvalue weighted by atomic mass is 9.99. The van der Waals surface area contributed by atoms with Gasteiger partial charge in [0.25, 0.3) is 0 Å². The molecular formula is C14H25N3O3. The SMILES string of the molecule is CC(O)CCOC(=O)CCC(C)(C#N)N=NC(C)(C)C. The molecule has 0 saturated heterocycles. The number of azo groups is 1. The van der Waals surface area contributed by atoms with Gasteiger partial charge in [0, 0.05) is 12.8 Å². The summed E-state index contributed by atoms with van der Waals surface area (Å²) in [4.78, 5) is 11.5. The van der Waals surface area contributed by atoms with Gasteiger partial charge < -0.3 is 9.84 Å². The first-order valence-corrected chi connectivity index (χ1v) is 6.77. The van der Waals surface area contributed by atoms with Gasteiger partial charge in [-0.3, -0.25) is 4.79 Å². The van der Waals surface area contributed by atoms with Gasteiger partial charge in [-0.2, -0.15) is 15.5 Å². The van der Waals surface area contributed by atoms with Gasteiger partial charge in [-0.15, -0.1) is 0 Å². The van der Waals surface area contributed by atoms with E-state index >= 15 is 0 Å². The molecule has 6 heteroatoms. The summed E-state index contributed by atoms with van der Waals surface area (Å²) in [6, 6.07) is 2.07. The maximum Gasteiger partial charge on any atom is 0.305 e. The Balaban J connectivity index is 4.28. The molecule has 0 aliphatic rings. The number of ether oxygens (including phenoxy) is 1. The normalized spacial score (nSPS) is 16.4. The zero-order valence-corrected chi connectivity index (χ0v) is 13.0. The summed E-state index contributed by atoms with van der Waals surface area (Å²) in [6.07, 6.45) is 0.280. The van der Waals surface area contributed by atoms with Gasteiger partial charge in [0.2, 0.25) is 0 Å². The molecule has 0 saturated carbocycles. The number of nitrogens with zero attached hydrogens (tertiary/aromatic N) is 3. The highest BCUT2D eigenvalue weighted by atomic mass is 16.5. The number of carbonyl (C=O) groups is 1. The summed E-state index contributed by atoms with van der Waals surface area (Å²) in [6.45, 7) is 9.12. The minimum atomic E-state index is -1.02. The van der Waals surface area contributed by atoms with Gasteiger partial charge in [0.1, 0.15) is 0 Å². The van der Waals surface area contributed by atoms with Gasteiger partial charge in [0.05, 0.1) is 24.3 Å². The molecule has 0 fully saturated rings. The highest BCUT2D eigenvalue weighted by Crippen LogP contribution is 2.20. The zero-order valence-electron chi connectivity index (χ0n) is 13.0. The molecule has 0 amide bonds. The summed E-state index contributed by atoms with van der Waals surface area (Å²) >= 11 is 0. The number of esters is 1. The largest absolute Gasteiger partial charge is 0.466 e. The van der Waals surface area contributed by atoms with E-state index in [2.05, 4.69) is 16.3 Å². The van der Waals surface area contributed by atoms with Gasteiger partial charge >= 0.3 is 5.97 Å². The van der Waals surface area contributed by atoms with E-state index in [1.165, 1.54) is 0 Å². The number of carbonyl (C=O) groups excluding carboxylic acids is 1. The molecule has 0 heterocycles. The quantitative estimate of drug-likeness (QED) is 0.574. The molecule has 2 atom stereocenters. The average Bonchev–Trinajstić information content (AvgIpc) is 2.33. The molecular weight excluding hydrogens is 258 g/mol. The molecule has 0 aliphatic heterocycles. The lowest BCUT2D eigenvalue weighted by Gasteiger charge is -2.17. The molecule has 0 radical (unpaired) electrons. The topological polar surface area (TPSA) is 95.0 Å². The first kappa shape index (κ1) is 18.5. The molecule has 0 aromatic carbocycles. The molecule has 0 aromatic rings. The van der Waals surface area contributed by atoms with E-state index in [0.29, 0.717) is 6.42 Å². The number of nitriles is 1. The van der Waals surface area contributed by atoms with E-state index in [0.717, 1.165) is 0 Å². The fourth-order valence-electron chi connectivity index (χ4n) is 1.15. The molecule has 2 unspecified atom stereocenters. The third-order valence-corrected chi connectivity index (χ3v) is 2.43. The van der Waals surface area contributed by atoms with E-state index < -0.39 is 17.6 Å². The second kappa shape index (κ2) is 7.95. The van der Waals surface area contributed by atoms with E-state index in [1.807, 2.05) is 20.8 Å². The fourth-order valence-corrected chi connectivity index (χ4v) is 1.15. The highest BCUT2D eigenvalue weighted by Gasteiger charge is 2.26. The molecule has 114 valence electrons. The van der Waals surface area contributed by atoms with Crippen molar-refractivity contribution < 1.29 is 14.6 Å². The van der Waals surface area contributed by atoms with Crippen molar-refractivity contribution in [2.45, 2.75) is 71.1 Å². The number of hydrogen-bond acceptors (Lipinski definition) is 6. The van der Waals surface area contributed by atoms with Crippen molar-refractivity contribution in [3.05, 3.63) is 0 Å². The lowest BCUT2D eigenvalue weighted by Crippen LogP contribution is -2.23. The Kier molecular flexibility index (Phi) is 7.36. The van der Waals surface area contributed by atoms with E-state index in [9.17, 15) is 4.79 Å². The Morgan fingerprint density at radius 3 is 2.40 bits per heavy atom. The van der Waals surface area contributed by atoms with Crippen molar-refractivity contribution >= 4 is 5.97 Å². The van der Waals surface area contributed by atoms with Crippen LogP contribution >= 0.6 is 0 Å². The van der Waals surface area contributed by atoms with Crippen LogP contribution in [0.15, 0.2) is 10.2 Å². The predicted molar refractivity (Wildman–Crippen MR) is 75.1 cm³/mol. The van der Waals surface area contributed by atoms with Crippen LogP contribution in [-0.4, -0.2) is 34.9 Å². The summed E-state index contributed by atoms with van der Waals surface area (Å²) < 4.78 is 4.96. The van der Waals surface area contributed by atoms with E-state index in [4.69, 9.17) is 15.1 Å². The number of rotatable bonds is 7. The minimum absolute atomic E-state index is 0.104. The Bertz CT molecular complexity index is 380. The number of aliphatic hydroxyl groups excluding tert-OH is 1. The summed E-state index contributed by atoms with van der Waals surface area (Å²) in [5, 5.41) is 26.3. The van der Waals surface area contributed by atoms with Crippen LogP contribution in [0.25, 0.3) is 0 Å². The van der Waals surface area contributed by atoms with Crippen molar-refractivity contribution in [3.8, 4) is 6.07 Å². The second-order valence-corrected chi connectivity index (χ2v) is 6.11. The van der Waals surface area contributed by atoms with Crippen molar-refractivity contribution in [2.24, 2.45) is 10.2 Å². The summed E-state index contributed by atoms with van der Waals surface area (Å²) in [5.41, 5.74) is -1.37. The van der Waals surface area contributed by atoms with Crippen LogP contribution in [0.3, 0.4) is 0 Å². The Morgan fingerprint density at radius 1 is 1.35 bits per heavy atom. The van der Waals surface area contributed by atoms with Crippen molar-refractivity contribution in [3.63, 3.8) is 0 Å². The van der Waals surface area contributed by atoms with E-state index in [-0.39, 0.29) is 25.0 Å². The van der Waals surface area contributed by atoms with Crippen LogP contribution in [0.1, 0.15) is 53.9 Å². The van der Waals surface area contributed by atoms with Crippen molar-refractivity contribution in [1.29, 1.82) is 5.26 Å². The maximum atomic E-state index is 11.5. The molecule has 0 aromatic heterocycles. The molecule has 0 rings (SSSR count). The van der Waals surface area contributed by atoms with Crippen LogP contribution in [0.5, 0.6) is 0 Å². The molecule has 0 aliphatic carbocycles. The van der Waals surface area contributed by atoms with Gasteiger partial charge in [0.15, 0.2) is 5.54 Å². The van der Waals surface area contributed by atoms with Crippen LogP contribution in [0, 0.1) is 11.3 Å². The fraction of sp³-hybridized carbons (Fsp3) is 0.857. The average molecular weight is 283 g/mol. The summed E-state index contributed by atoms with van der Waals surface area (Å²) in [7, 11) is 0. The number of hydrogen-bond donors (Lipinski definition) is 1. The Hall–Kier alpha value is -1.48. The van der Waals surface area contributed by atoms with Crippen LogP contribution in [0.2, 0.25) is 0 Å². The third kappa shape index (κ3) is 9.45. The van der Waals surface area contributed by atoms with Crippen LogP contribution < -0.4 is 0 Å². The van der Waals surface area contributed by atoms with Gasteiger partial charge in [-0.05, 0) is 41.0 Å². The monoisotopic (exact) mass is 283 g/mol. The molecule has 0 bridgehead atoms. The first-order valence-electron chi connectivity index (χ1n) is 6.77. The Labute approximate surface area is 120 Å². The molecule has 0 spiro atoms. The summed E-state index contributed by atoms with van der Waals surface area (Å²) in [5.74, 6) is -0.391. The van der Waals surface area contributed by atoms with Crippen molar-refractivity contribution in [2.75, 3.05) is 6.61 Å². The Morgan fingerprint density at radius 2 is 1.95 bits per heavy atom. The van der Waals surface area contributed by atoms with Crippen LogP contribution in [-0.2, 0) is 9.53 Å². The molecule has 20 heavy (non-hydrogen) atoms. The smallest absolute Gasteiger partial charge is 0.305 e. The maximum absolute atomic E-state index is 11.5. The lowest BCUT2D eigenvalue weighted by molar-refractivity contribution is -0.144. The third-order valence-electron chi connectivity index (χ3n) is 2.43. The van der Waals surface area contributed by atoms with Crippen LogP contribution in [0.4, 0.5) is 0 Å². The second-order valence-electron chi connectivity index (χ2n) is 6.11. The molecule has 6 nitrogen and oxygen atoms in total. The minimum Gasteiger partial charge on any atom is -0.466 e. The van der Waals surface area contributed by atoms with Gasteiger partial charge in [-0.25, -0.2) is 0 Å². The van der Waals surface area contributed by atoms with Gasteiger partial charge in [-0.1, -0.05) is 0 Å². The first-order chi connectivity index (χ1) is 9.08. The zero-order chi connectivity index (χ0) is 15.8. The standard InChI is InChI=1S/C14H25N3O3/c1-11(18)7-9-20-12(19)6-8-14(5,10-15)17-16-13(2,3)4/h11,18H,6-9H2,1-5H3. The molecule has 1 N–H and O–H groups in total. The highest BCUT2D eigenvalue weighted by molar-refractivity contribution is 5.69. The predicted octanol–water partition coefficient (Wildman–Crippen LogP) is 2.61. The van der Waals surface area contributed by atoms with Crippen molar-refractivity contribution in [1.82, 2.24) is 0 Å². The number of aliphatic hydroxyl groups is 1. The van der Waals surface area contributed by atoms with E-state index in [1.54, 1.807) is 13.8 Å².